The monoisotopic (exact) mass is 287 g/mol. The molecule has 5 nitrogen and oxygen atoms in total. The standard InChI is InChI=1S/C12H12F3N3O2/c1-6(19-2)10-17-11(20-18-10)7-3-8(12(13,14)15)5-9(16)4-7/h3-6H,16H2,1-2H3. The van der Waals surface area contributed by atoms with E-state index < -0.39 is 17.8 Å². The quantitative estimate of drug-likeness (QED) is 0.878. The summed E-state index contributed by atoms with van der Waals surface area (Å²) < 4.78 is 48.1. The summed E-state index contributed by atoms with van der Waals surface area (Å²) in [6, 6.07) is 3.09. The van der Waals surface area contributed by atoms with Crippen LogP contribution in [0, 0.1) is 0 Å². The van der Waals surface area contributed by atoms with Gasteiger partial charge >= 0.3 is 6.18 Å². The number of benzene rings is 1. The van der Waals surface area contributed by atoms with Gasteiger partial charge in [0.15, 0.2) is 0 Å². The zero-order valence-corrected chi connectivity index (χ0v) is 10.7. The number of alkyl halides is 3. The third-order valence-corrected chi connectivity index (χ3v) is 2.69. The van der Waals surface area contributed by atoms with Gasteiger partial charge in [-0.05, 0) is 25.1 Å². The average molecular weight is 287 g/mol. The molecule has 0 radical (unpaired) electrons. The van der Waals surface area contributed by atoms with Crippen molar-refractivity contribution in [1.29, 1.82) is 0 Å². The van der Waals surface area contributed by atoms with Gasteiger partial charge in [0, 0.05) is 18.4 Å². The van der Waals surface area contributed by atoms with E-state index in [1.165, 1.54) is 13.2 Å². The van der Waals surface area contributed by atoms with Crippen LogP contribution < -0.4 is 5.73 Å². The molecule has 0 spiro atoms. The Morgan fingerprint density at radius 3 is 2.60 bits per heavy atom. The molecule has 108 valence electrons. The first-order chi connectivity index (χ1) is 9.31. The summed E-state index contributed by atoms with van der Waals surface area (Å²) in [5, 5.41) is 3.65. The Bertz CT molecular complexity index is 610. The number of ether oxygens (including phenoxy) is 1. The van der Waals surface area contributed by atoms with Crippen LogP contribution in [0.5, 0.6) is 0 Å². The lowest BCUT2D eigenvalue weighted by atomic mass is 10.1. The Labute approximate surface area is 112 Å². The lowest BCUT2D eigenvalue weighted by Gasteiger charge is -2.08. The summed E-state index contributed by atoms with van der Waals surface area (Å²) in [6.45, 7) is 1.69. The summed E-state index contributed by atoms with van der Waals surface area (Å²) in [5.41, 5.74) is 4.68. The van der Waals surface area contributed by atoms with Crippen LogP contribution in [0.4, 0.5) is 18.9 Å². The molecule has 0 aliphatic carbocycles. The zero-order chi connectivity index (χ0) is 14.9. The van der Waals surface area contributed by atoms with E-state index in [0.29, 0.717) is 0 Å². The Kier molecular flexibility index (Phi) is 3.67. The molecule has 0 amide bonds. The molecule has 0 saturated heterocycles. The van der Waals surface area contributed by atoms with E-state index in [2.05, 4.69) is 10.1 Å². The highest BCUT2D eigenvalue weighted by Gasteiger charge is 2.31. The van der Waals surface area contributed by atoms with Crippen LogP contribution >= 0.6 is 0 Å². The van der Waals surface area contributed by atoms with Crippen LogP contribution in [0.15, 0.2) is 22.7 Å². The summed E-state index contributed by atoms with van der Waals surface area (Å²) in [4.78, 5) is 3.99. The largest absolute Gasteiger partial charge is 0.416 e. The highest BCUT2D eigenvalue weighted by atomic mass is 19.4. The Morgan fingerprint density at radius 2 is 2.00 bits per heavy atom. The van der Waals surface area contributed by atoms with Gasteiger partial charge in [-0.2, -0.15) is 18.2 Å². The molecule has 2 rings (SSSR count). The van der Waals surface area contributed by atoms with Crippen LogP contribution in [-0.4, -0.2) is 17.3 Å². The SMILES string of the molecule is COC(C)c1noc(-c2cc(N)cc(C(F)(F)F)c2)n1. The van der Waals surface area contributed by atoms with Crippen molar-refractivity contribution in [2.45, 2.75) is 19.2 Å². The molecule has 1 heterocycles. The molecule has 1 aromatic heterocycles. The number of methoxy groups -OCH3 is 1. The Morgan fingerprint density at radius 1 is 1.30 bits per heavy atom. The predicted octanol–water partition coefficient (Wildman–Crippen LogP) is 3.05. The minimum atomic E-state index is -4.49. The molecule has 0 aliphatic heterocycles. The highest BCUT2D eigenvalue weighted by molar-refractivity contribution is 5.62. The van der Waals surface area contributed by atoms with E-state index >= 15 is 0 Å². The fraction of sp³-hybridized carbons (Fsp3) is 0.333. The Hall–Kier alpha value is -2.09. The van der Waals surface area contributed by atoms with E-state index in [-0.39, 0.29) is 23.0 Å². The van der Waals surface area contributed by atoms with Crippen molar-refractivity contribution < 1.29 is 22.4 Å². The zero-order valence-electron chi connectivity index (χ0n) is 10.7. The average Bonchev–Trinajstić information content (AvgIpc) is 2.85. The number of hydrogen-bond donors (Lipinski definition) is 1. The number of aromatic nitrogens is 2. The molecule has 1 atom stereocenters. The molecule has 0 aliphatic rings. The maximum atomic E-state index is 12.7. The molecule has 0 saturated carbocycles. The number of halogens is 3. The van der Waals surface area contributed by atoms with Crippen LogP contribution in [0.2, 0.25) is 0 Å². The van der Waals surface area contributed by atoms with Gasteiger partial charge in [0.05, 0.1) is 5.56 Å². The van der Waals surface area contributed by atoms with Crippen LogP contribution in [0.1, 0.15) is 24.4 Å². The fourth-order valence-corrected chi connectivity index (χ4v) is 1.56. The number of rotatable bonds is 3. The molecule has 1 aromatic carbocycles. The first kappa shape index (κ1) is 14.3. The van der Waals surface area contributed by atoms with Crippen molar-refractivity contribution in [2.24, 2.45) is 0 Å². The number of hydrogen-bond acceptors (Lipinski definition) is 5. The molecule has 2 aromatic rings. The van der Waals surface area contributed by atoms with Crippen molar-refractivity contribution in [3.8, 4) is 11.5 Å². The van der Waals surface area contributed by atoms with Gasteiger partial charge < -0.3 is 15.0 Å². The highest BCUT2D eigenvalue weighted by Crippen LogP contribution is 2.34. The molecule has 0 bridgehead atoms. The van der Waals surface area contributed by atoms with Crippen LogP contribution in [0.25, 0.3) is 11.5 Å². The van der Waals surface area contributed by atoms with Gasteiger partial charge in [-0.25, -0.2) is 0 Å². The summed E-state index contributed by atoms with van der Waals surface area (Å²) in [6.07, 6.45) is -4.91. The van der Waals surface area contributed by atoms with Gasteiger partial charge in [-0.3, -0.25) is 0 Å². The van der Waals surface area contributed by atoms with Gasteiger partial charge in [-0.15, -0.1) is 0 Å². The van der Waals surface area contributed by atoms with Gasteiger partial charge in [0.25, 0.3) is 5.89 Å². The van der Waals surface area contributed by atoms with Crippen molar-refractivity contribution >= 4 is 5.69 Å². The first-order valence-corrected chi connectivity index (χ1v) is 5.66. The maximum absolute atomic E-state index is 12.7. The van der Waals surface area contributed by atoms with Crippen LogP contribution in [0.3, 0.4) is 0 Å². The number of anilines is 1. The lowest BCUT2D eigenvalue weighted by molar-refractivity contribution is -0.137. The summed E-state index contributed by atoms with van der Waals surface area (Å²) in [5.74, 6) is 0.209. The lowest BCUT2D eigenvalue weighted by Crippen LogP contribution is -2.06. The molecular formula is C12H12F3N3O2. The normalized spacial score (nSPS) is 13.4. The topological polar surface area (TPSA) is 74.2 Å². The second kappa shape index (κ2) is 5.12. The molecule has 20 heavy (non-hydrogen) atoms. The first-order valence-electron chi connectivity index (χ1n) is 5.66. The minimum Gasteiger partial charge on any atom is -0.399 e. The number of nitrogens with zero attached hydrogens (tertiary/aromatic N) is 2. The molecule has 2 N–H and O–H groups in total. The summed E-state index contributed by atoms with van der Waals surface area (Å²) in [7, 11) is 1.46. The maximum Gasteiger partial charge on any atom is 0.416 e. The molecule has 8 heteroatoms. The van der Waals surface area contributed by atoms with E-state index in [9.17, 15) is 13.2 Å². The van der Waals surface area contributed by atoms with Gasteiger partial charge in [0.2, 0.25) is 5.82 Å². The third kappa shape index (κ3) is 2.90. The second-order valence-electron chi connectivity index (χ2n) is 4.18. The minimum absolute atomic E-state index is 0.0330. The molecular weight excluding hydrogens is 275 g/mol. The van der Waals surface area contributed by atoms with Crippen molar-refractivity contribution in [2.75, 3.05) is 12.8 Å². The second-order valence-corrected chi connectivity index (χ2v) is 4.18. The van der Waals surface area contributed by atoms with Crippen LogP contribution in [-0.2, 0) is 10.9 Å². The van der Waals surface area contributed by atoms with Gasteiger partial charge in [0.1, 0.15) is 6.10 Å². The Balaban J connectivity index is 2.42. The van der Waals surface area contributed by atoms with Crippen molar-refractivity contribution in [1.82, 2.24) is 10.1 Å². The van der Waals surface area contributed by atoms with Gasteiger partial charge in [-0.1, -0.05) is 5.16 Å². The number of nitrogen functional groups attached to an aromatic ring is 1. The summed E-state index contributed by atoms with van der Waals surface area (Å²) >= 11 is 0. The van der Waals surface area contributed by atoms with Crippen molar-refractivity contribution in [3.63, 3.8) is 0 Å². The van der Waals surface area contributed by atoms with Crippen molar-refractivity contribution in [3.05, 3.63) is 29.6 Å². The van der Waals surface area contributed by atoms with E-state index in [1.54, 1.807) is 6.92 Å². The predicted molar refractivity (Wildman–Crippen MR) is 64.6 cm³/mol. The smallest absolute Gasteiger partial charge is 0.399 e. The number of nitrogens with two attached hydrogens (primary N) is 1. The van der Waals surface area contributed by atoms with E-state index in [1.807, 2.05) is 0 Å². The molecule has 0 fully saturated rings. The van der Waals surface area contributed by atoms with E-state index in [4.69, 9.17) is 15.0 Å². The van der Waals surface area contributed by atoms with E-state index in [0.717, 1.165) is 12.1 Å². The molecule has 1 unspecified atom stereocenters. The third-order valence-electron chi connectivity index (χ3n) is 2.69. The fourth-order valence-electron chi connectivity index (χ4n) is 1.56.